The van der Waals surface area contributed by atoms with E-state index in [-0.39, 0.29) is 0 Å². The van der Waals surface area contributed by atoms with E-state index in [0.717, 1.165) is 48.9 Å². The minimum absolute atomic E-state index is 0.475. The molecule has 158 valence electrons. The third-order valence-electron chi connectivity index (χ3n) is 5.72. The standard InChI is InChI=1S/C24H30N4O2/c1-29-22-10-8-19(9-11-22)24-20(15-26-27-24)14-25-21-6-4-12-28(17-21)16-18-5-3-7-23(13-18)30-2/h3,5,7-11,13,15,21,25H,4,6,12,14,16-17H2,1-2H3,(H,26,27). The Hall–Kier alpha value is -2.83. The number of aromatic nitrogens is 2. The summed E-state index contributed by atoms with van der Waals surface area (Å²) in [7, 11) is 3.40. The van der Waals surface area contributed by atoms with Crippen molar-refractivity contribution in [1.82, 2.24) is 20.4 Å². The molecule has 1 aromatic heterocycles. The second-order valence-electron chi connectivity index (χ2n) is 7.81. The molecule has 0 radical (unpaired) electrons. The predicted octanol–water partition coefficient (Wildman–Crippen LogP) is 3.85. The molecule has 0 saturated carbocycles. The van der Waals surface area contributed by atoms with Gasteiger partial charge in [0, 0.05) is 36.8 Å². The van der Waals surface area contributed by atoms with Gasteiger partial charge in [0.05, 0.1) is 26.1 Å². The second-order valence-corrected chi connectivity index (χ2v) is 7.81. The number of rotatable bonds is 8. The van der Waals surface area contributed by atoms with Crippen LogP contribution in [0, 0.1) is 0 Å². The molecule has 2 N–H and O–H groups in total. The van der Waals surface area contributed by atoms with Crippen LogP contribution >= 0.6 is 0 Å². The van der Waals surface area contributed by atoms with Crippen molar-refractivity contribution < 1.29 is 9.47 Å². The molecular formula is C24H30N4O2. The molecule has 0 aliphatic carbocycles. The Morgan fingerprint density at radius 3 is 2.73 bits per heavy atom. The Morgan fingerprint density at radius 1 is 1.10 bits per heavy atom. The molecule has 0 amide bonds. The maximum atomic E-state index is 5.36. The van der Waals surface area contributed by atoms with Crippen molar-refractivity contribution in [2.75, 3.05) is 27.3 Å². The molecule has 2 aromatic carbocycles. The number of methoxy groups -OCH3 is 2. The smallest absolute Gasteiger partial charge is 0.119 e. The number of piperidine rings is 1. The monoisotopic (exact) mass is 406 g/mol. The molecule has 30 heavy (non-hydrogen) atoms. The zero-order chi connectivity index (χ0) is 20.8. The number of nitrogens with zero attached hydrogens (tertiary/aromatic N) is 2. The van der Waals surface area contributed by atoms with Gasteiger partial charge >= 0.3 is 0 Å². The number of H-pyrrole nitrogens is 1. The first-order chi connectivity index (χ1) is 14.7. The van der Waals surface area contributed by atoms with E-state index in [1.807, 2.05) is 24.4 Å². The zero-order valence-corrected chi connectivity index (χ0v) is 17.7. The molecule has 0 bridgehead atoms. The van der Waals surface area contributed by atoms with Crippen molar-refractivity contribution in [3.63, 3.8) is 0 Å². The van der Waals surface area contributed by atoms with E-state index in [9.17, 15) is 0 Å². The summed E-state index contributed by atoms with van der Waals surface area (Å²) in [5.41, 5.74) is 4.67. The fourth-order valence-corrected chi connectivity index (χ4v) is 4.10. The number of hydrogen-bond acceptors (Lipinski definition) is 5. The Bertz CT molecular complexity index is 938. The van der Waals surface area contributed by atoms with Crippen LogP contribution in [0.1, 0.15) is 24.0 Å². The van der Waals surface area contributed by atoms with Gasteiger partial charge in [0.1, 0.15) is 11.5 Å². The first-order valence-corrected chi connectivity index (χ1v) is 10.5. The van der Waals surface area contributed by atoms with E-state index in [1.165, 1.54) is 24.0 Å². The van der Waals surface area contributed by atoms with E-state index < -0.39 is 0 Å². The van der Waals surface area contributed by atoms with Crippen molar-refractivity contribution in [3.05, 3.63) is 65.9 Å². The van der Waals surface area contributed by atoms with Crippen molar-refractivity contribution in [2.45, 2.75) is 32.0 Å². The second kappa shape index (κ2) is 9.78. The Labute approximate surface area is 178 Å². The summed E-state index contributed by atoms with van der Waals surface area (Å²) in [6.45, 7) is 3.94. The average Bonchev–Trinajstić information content (AvgIpc) is 3.27. The van der Waals surface area contributed by atoms with Crippen LogP contribution in [0.2, 0.25) is 0 Å². The van der Waals surface area contributed by atoms with Gasteiger partial charge in [-0.1, -0.05) is 12.1 Å². The number of aromatic amines is 1. The molecule has 1 saturated heterocycles. The van der Waals surface area contributed by atoms with Gasteiger partial charge in [0.15, 0.2) is 0 Å². The van der Waals surface area contributed by atoms with Gasteiger partial charge in [0.25, 0.3) is 0 Å². The van der Waals surface area contributed by atoms with Crippen molar-refractivity contribution in [2.24, 2.45) is 0 Å². The van der Waals surface area contributed by atoms with E-state index in [4.69, 9.17) is 9.47 Å². The van der Waals surface area contributed by atoms with E-state index in [0.29, 0.717) is 6.04 Å². The number of benzene rings is 2. The summed E-state index contributed by atoms with van der Waals surface area (Å²) in [6, 6.07) is 16.9. The number of likely N-dealkylation sites (tertiary alicyclic amines) is 1. The van der Waals surface area contributed by atoms with Crippen LogP contribution in [0.15, 0.2) is 54.7 Å². The Kier molecular flexibility index (Phi) is 6.67. The third kappa shape index (κ3) is 5.01. The fourth-order valence-electron chi connectivity index (χ4n) is 4.10. The van der Waals surface area contributed by atoms with Crippen LogP contribution in [-0.2, 0) is 13.1 Å². The van der Waals surface area contributed by atoms with Crippen LogP contribution in [0.3, 0.4) is 0 Å². The minimum Gasteiger partial charge on any atom is -0.497 e. The molecule has 1 aliphatic rings. The quantitative estimate of drug-likeness (QED) is 0.595. The highest BCUT2D eigenvalue weighted by Gasteiger charge is 2.20. The summed E-state index contributed by atoms with van der Waals surface area (Å²) in [5, 5.41) is 11.2. The van der Waals surface area contributed by atoms with Crippen LogP contribution in [0.4, 0.5) is 0 Å². The SMILES string of the molecule is COc1ccc(-c2[nH]ncc2CNC2CCCN(Cc3cccc(OC)c3)C2)cc1. The van der Waals surface area contributed by atoms with Crippen LogP contribution in [-0.4, -0.2) is 48.4 Å². The largest absolute Gasteiger partial charge is 0.497 e. The summed E-state index contributed by atoms with van der Waals surface area (Å²) in [5.74, 6) is 1.78. The van der Waals surface area contributed by atoms with Gasteiger partial charge < -0.3 is 14.8 Å². The van der Waals surface area contributed by atoms with Crippen LogP contribution < -0.4 is 14.8 Å². The third-order valence-corrected chi connectivity index (χ3v) is 5.72. The summed E-state index contributed by atoms with van der Waals surface area (Å²) < 4.78 is 10.6. The lowest BCUT2D eigenvalue weighted by molar-refractivity contribution is 0.182. The zero-order valence-electron chi connectivity index (χ0n) is 17.7. The number of ether oxygens (including phenoxy) is 2. The lowest BCUT2D eigenvalue weighted by Gasteiger charge is -2.33. The summed E-state index contributed by atoms with van der Waals surface area (Å²) >= 11 is 0. The molecule has 1 fully saturated rings. The maximum absolute atomic E-state index is 5.36. The highest BCUT2D eigenvalue weighted by Crippen LogP contribution is 2.24. The van der Waals surface area contributed by atoms with E-state index >= 15 is 0 Å². The molecule has 1 aliphatic heterocycles. The van der Waals surface area contributed by atoms with Crippen LogP contribution in [0.25, 0.3) is 11.3 Å². The summed E-state index contributed by atoms with van der Waals surface area (Å²) in [6.07, 6.45) is 4.33. The van der Waals surface area contributed by atoms with E-state index in [1.54, 1.807) is 14.2 Å². The average molecular weight is 407 g/mol. The minimum atomic E-state index is 0.475. The molecule has 4 rings (SSSR count). The lowest BCUT2D eigenvalue weighted by Crippen LogP contribution is -2.45. The van der Waals surface area contributed by atoms with Crippen molar-refractivity contribution in [1.29, 1.82) is 0 Å². The van der Waals surface area contributed by atoms with Gasteiger partial charge in [-0.05, 0) is 61.3 Å². The molecule has 2 heterocycles. The van der Waals surface area contributed by atoms with E-state index in [2.05, 4.69) is 50.7 Å². The maximum Gasteiger partial charge on any atom is 0.119 e. The molecule has 1 unspecified atom stereocenters. The first-order valence-electron chi connectivity index (χ1n) is 10.5. The fraction of sp³-hybridized carbons (Fsp3) is 0.375. The molecular weight excluding hydrogens is 376 g/mol. The first kappa shape index (κ1) is 20.4. The van der Waals surface area contributed by atoms with Crippen molar-refractivity contribution >= 4 is 0 Å². The lowest BCUT2D eigenvalue weighted by atomic mass is 10.0. The molecule has 0 spiro atoms. The van der Waals surface area contributed by atoms with Gasteiger partial charge in [-0.25, -0.2) is 0 Å². The molecule has 6 nitrogen and oxygen atoms in total. The van der Waals surface area contributed by atoms with Crippen LogP contribution in [0.5, 0.6) is 11.5 Å². The number of nitrogens with one attached hydrogen (secondary N) is 2. The highest BCUT2D eigenvalue weighted by atomic mass is 16.5. The molecule has 6 heteroatoms. The van der Waals surface area contributed by atoms with Gasteiger partial charge in [-0.3, -0.25) is 10.00 Å². The Balaban J connectivity index is 1.34. The molecule has 1 atom stereocenters. The number of hydrogen-bond donors (Lipinski definition) is 2. The normalized spacial score (nSPS) is 17.1. The summed E-state index contributed by atoms with van der Waals surface area (Å²) in [4.78, 5) is 2.52. The predicted molar refractivity (Wildman–Crippen MR) is 119 cm³/mol. The van der Waals surface area contributed by atoms with Gasteiger partial charge in [-0.2, -0.15) is 5.10 Å². The Morgan fingerprint density at radius 2 is 1.93 bits per heavy atom. The molecule has 3 aromatic rings. The topological polar surface area (TPSA) is 62.4 Å². The van der Waals surface area contributed by atoms with Gasteiger partial charge in [-0.15, -0.1) is 0 Å². The highest BCUT2D eigenvalue weighted by molar-refractivity contribution is 5.63. The van der Waals surface area contributed by atoms with Crippen molar-refractivity contribution in [3.8, 4) is 22.8 Å². The van der Waals surface area contributed by atoms with Gasteiger partial charge in [0.2, 0.25) is 0 Å².